The van der Waals surface area contributed by atoms with E-state index in [0.29, 0.717) is 5.57 Å². The van der Waals surface area contributed by atoms with Gasteiger partial charge in [0.1, 0.15) is 0 Å². The largest absolute Gasteiger partial charge is 0.445 e. The van der Waals surface area contributed by atoms with Gasteiger partial charge < -0.3 is 4.74 Å². The predicted molar refractivity (Wildman–Crippen MR) is 55.6 cm³/mol. The molecule has 1 heterocycles. The number of hydrogen-bond donors (Lipinski definition) is 0. The summed E-state index contributed by atoms with van der Waals surface area (Å²) < 4.78 is 5.36. The van der Waals surface area contributed by atoms with Gasteiger partial charge in [0, 0.05) is 5.57 Å². The second-order valence-corrected chi connectivity index (χ2v) is 5.17. The van der Waals surface area contributed by atoms with Crippen molar-refractivity contribution in [3.63, 3.8) is 0 Å². The third-order valence-electron chi connectivity index (χ3n) is 2.09. The standard InChI is InChI=1S/C10H16O2S/c1-8(2)9(11)12-10(3)6-4-5-7-13-10/h1,4-7H2,2-3H3. The topological polar surface area (TPSA) is 26.3 Å². The molecule has 1 aliphatic rings. The zero-order chi connectivity index (χ0) is 9.90. The highest BCUT2D eigenvalue weighted by Gasteiger charge is 2.31. The molecule has 1 saturated heterocycles. The maximum atomic E-state index is 11.3. The molecular formula is C10H16O2S. The molecule has 1 aliphatic heterocycles. The monoisotopic (exact) mass is 200 g/mol. The average Bonchev–Trinajstić information content (AvgIpc) is 2.04. The van der Waals surface area contributed by atoms with Crippen LogP contribution in [0.3, 0.4) is 0 Å². The van der Waals surface area contributed by atoms with Crippen molar-refractivity contribution in [1.82, 2.24) is 0 Å². The fraction of sp³-hybridized carbons (Fsp3) is 0.700. The van der Waals surface area contributed by atoms with Crippen LogP contribution >= 0.6 is 11.8 Å². The second kappa shape index (κ2) is 4.18. The molecule has 1 atom stereocenters. The molecule has 13 heavy (non-hydrogen) atoms. The summed E-state index contributed by atoms with van der Waals surface area (Å²) in [7, 11) is 0. The Morgan fingerprint density at radius 3 is 2.69 bits per heavy atom. The van der Waals surface area contributed by atoms with Crippen LogP contribution in [0.5, 0.6) is 0 Å². The molecule has 0 aromatic carbocycles. The number of rotatable bonds is 2. The van der Waals surface area contributed by atoms with Crippen LogP contribution in [0.4, 0.5) is 0 Å². The lowest BCUT2D eigenvalue weighted by Crippen LogP contribution is -2.31. The van der Waals surface area contributed by atoms with Crippen LogP contribution in [-0.4, -0.2) is 16.7 Å². The Hall–Kier alpha value is -0.440. The van der Waals surface area contributed by atoms with Crippen molar-refractivity contribution in [2.45, 2.75) is 38.0 Å². The maximum absolute atomic E-state index is 11.3. The minimum Gasteiger partial charge on any atom is -0.445 e. The van der Waals surface area contributed by atoms with Gasteiger partial charge >= 0.3 is 5.97 Å². The molecule has 1 rings (SSSR count). The highest BCUT2D eigenvalue weighted by Crippen LogP contribution is 2.37. The molecule has 0 aliphatic carbocycles. The van der Waals surface area contributed by atoms with Crippen LogP contribution in [0.1, 0.15) is 33.1 Å². The van der Waals surface area contributed by atoms with Gasteiger partial charge in [-0.3, -0.25) is 0 Å². The summed E-state index contributed by atoms with van der Waals surface area (Å²) in [6, 6.07) is 0. The van der Waals surface area contributed by atoms with Crippen LogP contribution < -0.4 is 0 Å². The summed E-state index contributed by atoms with van der Waals surface area (Å²) in [5.41, 5.74) is 0.479. The van der Waals surface area contributed by atoms with E-state index in [2.05, 4.69) is 6.58 Å². The van der Waals surface area contributed by atoms with Crippen molar-refractivity contribution < 1.29 is 9.53 Å². The highest BCUT2D eigenvalue weighted by atomic mass is 32.2. The molecule has 1 fully saturated rings. The van der Waals surface area contributed by atoms with Gasteiger partial charge in [0.2, 0.25) is 0 Å². The van der Waals surface area contributed by atoms with E-state index >= 15 is 0 Å². The Kier molecular flexibility index (Phi) is 3.42. The van der Waals surface area contributed by atoms with Gasteiger partial charge in [0.15, 0.2) is 4.93 Å². The van der Waals surface area contributed by atoms with E-state index in [-0.39, 0.29) is 10.9 Å². The molecule has 0 bridgehead atoms. The SMILES string of the molecule is C=C(C)C(=O)OC1(C)CCCCS1. The Morgan fingerprint density at radius 1 is 1.54 bits per heavy atom. The highest BCUT2D eigenvalue weighted by molar-refractivity contribution is 8.00. The maximum Gasteiger partial charge on any atom is 0.334 e. The third kappa shape index (κ3) is 3.07. The molecule has 2 nitrogen and oxygen atoms in total. The van der Waals surface area contributed by atoms with Crippen molar-refractivity contribution in [2.75, 3.05) is 5.75 Å². The number of carbonyl (C=O) groups excluding carboxylic acids is 1. The lowest BCUT2D eigenvalue weighted by Gasteiger charge is -2.32. The number of carbonyl (C=O) groups is 1. The van der Waals surface area contributed by atoms with E-state index in [1.807, 2.05) is 6.92 Å². The van der Waals surface area contributed by atoms with Gasteiger partial charge in [-0.1, -0.05) is 6.58 Å². The fourth-order valence-electron chi connectivity index (χ4n) is 1.27. The Labute approximate surface area is 83.7 Å². The first-order chi connectivity index (χ1) is 6.03. The van der Waals surface area contributed by atoms with Gasteiger partial charge in [0.05, 0.1) is 0 Å². The zero-order valence-electron chi connectivity index (χ0n) is 8.26. The van der Waals surface area contributed by atoms with Gasteiger partial charge in [-0.25, -0.2) is 4.79 Å². The Balaban J connectivity index is 2.50. The number of ether oxygens (including phenoxy) is 1. The summed E-state index contributed by atoms with van der Waals surface area (Å²) in [5.74, 6) is 0.817. The third-order valence-corrected chi connectivity index (χ3v) is 3.48. The van der Waals surface area contributed by atoms with Crippen LogP contribution in [0, 0.1) is 0 Å². The van der Waals surface area contributed by atoms with E-state index in [0.717, 1.165) is 18.6 Å². The van der Waals surface area contributed by atoms with E-state index < -0.39 is 0 Å². The van der Waals surface area contributed by atoms with Crippen molar-refractivity contribution in [3.05, 3.63) is 12.2 Å². The van der Waals surface area contributed by atoms with Crippen molar-refractivity contribution in [2.24, 2.45) is 0 Å². The van der Waals surface area contributed by atoms with E-state index in [9.17, 15) is 4.79 Å². The molecule has 1 unspecified atom stereocenters. The van der Waals surface area contributed by atoms with Crippen LogP contribution in [0.25, 0.3) is 0 Å². The summed E-state index contributed by atoms with van der Waals surface area (Å²) in [5, 5.41) is 0. The van der Waals surface area contributed by atoms with Crippen LogP contribution in [0.15, 0.2) is 12.2 Å². The molecule has 0 saturated carbocycles. The summed E-state index contributed by atoms with van der Waals surface area (Å²) in [4.78, 5) is 11.0. The molecule has 0 aromatic rings. The fourth-order valence-corrected chi connectivity index (χ4v) is 2.48. The van der Waals surface area contributed by atoms with Crippen molar-refractivity contribution in [1.29, 1.82) is 0 Å². The Morgan fingerprint density at radius 2 is 2.23 bits per heavy atom. The van der Waals surface area contributed by atoms with Gasteiger partial charge in [-0.15, -0.1) is 11.8 Å². The molecule has 0 aromatic heterocycles. The molecule has 0 N–H and O–H groups in total. The first kappa shape index (κ1) is 10.6. The Bertz CT molecular complexity index is 217. The molecule has 0 spiro atoms. The second-order valence-electron chi connectivity index (χ2n) is 3.61. The number of esters is 1. The molecule has 0 radical (unpaired) electrons. The molecule has 74 valence electrons. The smallest absolute Gasteiger partial charge is 0.334 e. The minimum atomic E-state index is -0.311. The quantitative estimate of drug-likeness (QED) is 0.506. The van der Waals surface area contributed by atoms with Crippen LogP contribution in [0.2, 0.25) is 0 Å². The van der Waals surface area contributed by atoms with E-state index in [1.54, 1.807) is 18.7 Å². The van der Waals surface area contributed by atoms with E-state index in [1.165, 1.54) is 6.42 Å². The molecule has 3 heteroatoms. The lowest BCUT2D eigenvalue weighted by molar-refractivity contribution is -0.146. The van der Waals surface area contributed by atoms with Crippen molar-refractivity contribution in [3.8, 4) is 0 Å². The predicted octanol–water partition coefficient (Wildman–Crippen LogP) is 2.74. The van der Waals surface area contributed by atoms with Crippen LogP contribution in [-0.2, 0) is 9.53 Å². The van der Waals surface area contributed by atoms with Gasteiger partial charge in [-0.05, 0) is 38.9 Å². The first-order valence-electron chi connectivity index (χ1n) is 4.56. The zero-order valence-corrected chi connectivity index (χ0v) is 9.08. The summed E-state index contributed by atoms with van der Waals surface area (Å²) in [6.07, 6.45) is 3.33. The average molecular weight is 200 g/mol. The number of thioether (sulfide) groups is 1. The van der Waals surface area contributed by atoms with Gasteiger partial charge in [0.25, 0.3) is 0 Å². The first-order valence-corrected chi connectivity index (χ1v) is 5.55. The lowest BCUT2D eigenvalue weighted by atomic mass is 10.1. The summed E-state index contributed by atoms with van der Waals surface area (Å²) in [6.45, 7) is 7.23. The summed E-state index contributed by atoms with van der Waals surface area (Å²) >= 11 is 1.73. The van der Waals surface area contributed by atoms with E-state index in [4.69, 9.17) is 4.74 Å². The molecule has 0 amide bonds. The normalized spacial score (nSPS) is 28.2. The number of hydrogen-bond acceptors (Lipinski definition) is 3. The molecular weight excluding hydrogens is 184 g/mol. The van der Waals surface area contributed by atoms with Gasteiger partial charge in [-0.2, -0.15) is 0 Å². The van der Waals surface area contributed by atoms with Crippen molar-refractivity contribution >= 4 is 17.7 Å². The minimum absolute atomic E-state index is 0.267.